The Morgan fingerprint density at radius 3 is 2.36 bits per heavy atom. The molecule has 0 radical (unpaired) electrons. The zero-order valence-corrected chi connectivity index (χ0v) is 10.0. The maximum atomic E-state index is 3.41. The van der Waals surface area contributed by atoms with Gasteiger partial charge in [-0.1, -0.05) is 26.0 Å². The lowest BCUT2D eigenvalue weighted by atomic mass is 10.2. The Morgan fingerprint density at radius 1 is 1.21 bits per heavy atom. The summed E-state index contributed by atoms with van der Waals surface area (Å²) in [5, 5.41) is 3.41. The lowest BCUT2D eigenvalue weighted by Gasteiger charge is -2.09. The Balaban J connectivity index is 2.46. The van der Waals surface area contributed by atoms with Crippen LogP contribution in [-0.2, 0) is 5.75 Å². The van der Waals surface area contributed by atoms with Gasteiger partial charge in [0.2, 0.25) is 0 Å². The number of thioether (sulfide) groups is 1. The third-order valence-corrected chi connectivity index (χ3v) is 2.60. The molecule has 78 valence electrons. The normalized spacial score (nSPS) is 10.6. The van der Waals surface area contributed by atoms with E-state index in [0.29, 0.717) is 5.92 Å². The summed E-state index contributed by atoms with van der Waals surface area (Å²) in [6.07, 6.45) is 2.13. The van der Waals surface area contributed by atoms with Crippen molar-refractivity contribution in [3.8, 4) is 0 Å². The van der Waals surface area contributed by atoms with Crippen molar-refractivity contribution in [2.75, 3.05) is 18.1 Å². The Morgan fingerprint density at radius 2 is 1.86 bits per heavy atom. The van der Waals surface area contributed by atoms with E-state index in [4.69, 9.17) is 0 Å². The second kappa shape index (κ2) is 5.97. The minimum absolute atomic E-state index is 0.695. The molecule has 0 heterocycles. The summed E-state index contributed by atoms with van der Waals surface area (Å²) in [6.45, 7) is 5.48. The van der Waals surface area contributed by atoms with E-state index >= 15 is 0 Å². The molecule has 0 bridgehead atoms. The molecule has 0 aliphatic heterocycles. The number of rotatable bonds is 5. The molecule has 1 N–H and O–H groups in total. The molecule has 0 spiro atoms. The van der Waals surface area contributed by atoms with Crippen LogP contribution in [0, 0.1) is 5.92 Å². The summed E-state index contributed by atoms with van der Waals surface area (Å²) in [6, 6.07) is 8.71. The minimum Gasteiger partial charge on any atom is -0.385 e. The van der Waals surface area contributed by atoms with Gasteiger partial charge in [0.1, 0.15) is 0 Å². The van der Waals surface area contributed by atoms with Crippen LogP contribution in [0.5, 0.6) is 0 Å². The van der Waals surface area contributed by atoms with Crippen molar-refractivity contribution in [2.45, 2.75) is 19.6 Å². The van der Waals surface area contributed by atoms with Crippen LogP contribution < -0.4 is 5.32 Å². The van der Waals surface area contributed by atoms with Crippen molar-refractivity contribution in [1.82, 2.24) is 0 Å². The lowest BCUT2D eigenvalue weighted by Crippen LogP contribution is -2.07. The van der Waals surface area contributed by atoms with Gasteiger partial charge in [0.25, 0.3) is 0 Å². The molecule has 0 aromatic heterocycles. The molecule has 0 fully saturated rings. The zero-order chi connectivity index (χ0) is 10.4. The molecule has 0 saturated carbocycles. The Labute approximate surface area is 91.3 Å². The highest BCUT2D eigenvalue weighted by Crippen LogP contribution is 2.13. The van der Waals surface area contributed by atoms with E-state index in [-0.39, 0.29) is 0 Å². The first-order valence-electron chi connectivity index (χ1n) is 5.04. The predicted octanol–water partition coefficient (Wildman–Crippen LogP) is 3.62. The molecule has 1 aromatic rings. The van der Waals surface area contributed by atoms with E-state index in [0.717, 1.165) is 12.3 Å². The van der Waals surface area contributed by atoms with E-state index in [1.807, 2.05) is 11.8 Å². The van der Waals surface area contributed by atoms with E-state index < -0.39 is 0 Å². The summed E-state index contributed by atoms with van der Waals surface area (Å²) < 4.78 is 0. The van der Waals surface area contributed by atoms with E-state index in [1.165, 1.54) is 11.3 Å². The first-order chi connectivity index (χ1) is 6.72. The average Bonchev–Trinajstić information content (AvgIpc) is 2.17. The standard InChI is InChI=1S/C12H19NS/c1-10(2)8-13-12-6-4-11(5-7-12)9-14-3/h4-7,10,13H,8-9H2,1-3H3. The van der Waals surface area contributed by atoms with Crippen LogP contribution in [-0.4, -0.2) is 12.8 Å². The number of hydrogen-bond donors (Lipinski definition) is 1. The van der Waals surface area contributed by atoms with E-state index in [9.17, 15) is 0 Å². The molecule has 0 atom stereocenters. The number of nitrogens with one attached hydrogen (secondary N) is 1. The third kappa shape index (κ3) is 4.05. The van der Waals surface area contributed by atoms with Crippen molar-refractivity contribution < 1.29 is 0 Å². The van der Waals surface area contributed by atoms with Crippen molar-refractivity contribution in [3.63, 3.8) is 0 Å². The summed E-state index contributed by atoms with van der Waals surface area (Å²) in [4.78, 5) is 0. The van der Waals surface area contributed by atoms with Gasteiger partial charge in [0, 0.05) is 18.0 Å². The molecular weight excluding hydrogens is 190 g/mol. The fourth-order valence-corrected chi connectivity index (χ4v) is 1.73. The van der Waals surface area contributed by atoms with Gasteiger partial charge in [0.05, 0.1) is 0 Å². The maximum absolute atomic E-state index is 3.41. The van der Waals surface area contributed by atoms with Gasteiger partial charge in [0.15, 0.2) is 0 Å². The number of anilines is 1. The molecule has 1 rings (SSSR count). The summed E-state index contributed by atoms with van der Waals surface area (Å²) in [5.74, 6) is 1.80. The summed E-state index contributed by atoms with van der Waals surface area (Å²) >= 11 is 1.86. The van der Waals surface area contributed by atoms with Crippen LogP contribution in [0.2, 0.25) is 0 Å². The van der Waals surface area contributed by atoms with Crippen LogP contribution >= 0.6 is 11.8 Å². The SMILES string of the molecule is CSCc1ccc(NCC(C)C)cc1. The zero-order valence-electron chi connectivity index (χ0n) is 9.21. The molecule has 1 aromatic carbocycles. The van der Waals surface area contributed by atoms with Crippen molar-refractivity contribution in [3.05, 3.63) is 29.8 Å². The van der Waals surface area contributed by atoms with Gasteiger partial charge in [-0.3, -0.25) is 0 Å². The Bertz CT molecular complexity index is 254. The van der Waals surface area contributed by atoms with E-state index in [1.54, 1.807) is 0 Å². The van der Waals surface area contributed by atoms with Crippen molar-refractivity contribution in [2.24, 2.45) is 5.92 Å². The van der Waals surface area contributed by atoms with Crippen LogP contribution in [0.3, 0.4) is 0 Å². The monoisotopic (exact) mass is 209 g/mol. The highest BCUT2D eigenvalue weighted by atomic mass is 32.2. The Kier molecular flexibility index (Phi) is 4.88. The predicted molar refractivity (Wildman–Crippen MR) is 67.0 cm³/mol. The van der Waals surface area contributed by atoms with Crippen LogP contribution in [0.4, 0.5) is 5.69 Å². The first kappa shape index (κ1) is 11.4. The molecule has 0 amide bonds. The van der Waals surface area contributed by atoms with Gasteiger partial charge in [-0.15, -0.1) is 0 Å². The number of benzene rings is 1. The van der Waals surface area contributed by atoms with Crippen LogP contribution in [0.15, 0.2) is 24.3 Å². The molecule has 0 unspecified atom stereocenters. The van der Waals surface area contributed by atoms with Gasteiger partial charge in [-0.25, -0.2) is 0 Å². The molecule has 1 nitrogen and oxygen atoms in total. The molecule has 2 heteroatoms. The molecule has 14 heavy (non-hydrogen) atoms. The van der Waals surface area contributed by atoms with Crippen molar-refractivity contribution >= 4 is 17.4 Å². The van der Waals surface area contributed by atoms with Gasteiger partial charge < -0.3 is 5.32 Å². The summed E-state index contributed by atoms with van der Waals surface area (Å²) in [7, 11) is 0. The maximum Gasteiger partial charge on any atom is 0.0340 e. The van der Waals surface area contributed by atoms with Crippen LogP contribution in [0.1, 0.15) is 19.4 Å². The fraction of sp³-hybridized carbons (Fsp3) is 0.500. The first-order valence-corrected chi connectivity index (χ1v) is 6.43. The molecule has 0 aliphatic rings. The topological polar surface area (TPSA) is 12.0 Å². The summed E-state index contributed by atoms with van der Waals surface area (Å²) in [5.41, 5.74) is 2.62. The second-order valence-corrected chi connectivity index (χ2v) is 4.77. The van der Waals surface area contributed by atoms with Crippen LogP contribution in [0.25, 0.3) is 0 Å². The van der Waals surface area contributed by atoms with E-state index in [2.05, 4.69) is 49.7 Å². The van der Waals surface area contributed by atoms with Gasteiger partial charge in [-0.05, 0) is 29.9 Å². The fourth-order valence-electron chi connectivity index (χ4n) is 1.21. The highest BCUT2D eigenvalue weighted by molar-refractivity contribution is 7.97. The molecule has 0 saturated heterocycles. The van der Waals surface area contributed by atoms with Gasteiger partial charge in [-0.2, -0.15) is 11.8 Å². The largest absolute Gasteiger partial charge is 0.385 e. The smallest absolute Gasteiger partial charge is 0.0340 e. The highest BCUT2D eigenvalue weighted by Gasteiger charge is 1.95. The minimum atomic E-state index is 0.695. The quantitative estimate of drug-likeness (QED) is 0.795. The number of hydrogen-bond acceptors (Lipinski definition) is 2. The molecular formula is C12H19NS. The second-order valence-electron chi connectivity index (χ2n) is 3.90. The third-order valence-electron chi connectivity index (χ3n) is 1.98. The lowest BCUT2D eigenvalue weighted by molar-refractivity contribution is 0.689. The Hall–Kier alpha value is -0.630. The average molecular weight is 209 g/mol. The van der Waals surface area contributed by atoms with Crippen molar-refractivity contribution in [1.29, 1.82) is 0 Å². The molecule has 0 aliphatic carbocycles. The van der Waals surface area contributed by atoms with Gasteiger partial charge >= 0.3 is 0 Å².